The first-order valence-corrected chi connectivity index (χ1v) is 5.56. The predicted octanol–water partition coefficient (Wildman–Crippen LogP) is 3.28. The zero-order chi connectivity index (χ0) is 9.73. The molecule has 2 atom stereocenters. The third-order valence-electron chi connectivity index (χ3n) is 3.28. The highest BCUT2D eigenvalue weighted by atomic mass is 16.3. The van der Waals surface area contributed by atoms with E-state index in [0.29, 0.717) is 0 Å². The number of hydrogen-bond acceptors (Lipinski definition) is 1. The molecule has 0 aliphatic heterocycles. The summed E-state index contributed by atoms with van der Waals surface area (Å²) < 4.78 is 0. The molecule has 1 aliphatic carbocycles. The third-order valence-corrected chi connectivity index (χ3v) is 3.28. The molecule has 0 saturated heterocycles. The third kappa shape index (κ3) is 3.15. The second-order valence-corrected chi connectivity index (χ2v) is 4.39. The van der Waals surface area contributed by atoms with Crippen LogP contribution in [0.15, 0.2) is 12.7 Å². The van der Waals surface area contributed by atoms with Crippen molar-refractivity contribution in [2.24, 2.45) is 5.92 Å². The molecule has 1 heteroatoms. The first-order chi connectivity index (χ1) is 6.20. The average Bonchev–Trinajstić information content (AvgIpc) is 2.31. The summed E-state index contributed by atoms with van der Waals surface area (Å²) in [5.74, 6) is 0.846. The summed E-state index contributed by atoms with van der Waals surface area (Å²) in [5, 5.41) is 10.0. The van der Waals surface area contributed by atoms with E-state index < -0.39 is 5.60 Å². The smallest absolute Gasteiger partial charge is 0.0825 e. The molecule has 1 rings (SSSR count). The molecule has 0 spiro atoms. The molecule has 13 heavy (non-hydrogen) atoms. The molecule has 0 heterocycles. The van der Waals surface area contributed by atoms with Crippen LogP contribution in [0.1, 0.15) is 51.9 Å². The van der Waals surface area contributed by atoms with Gasteiger partial charge in [-0.1, -0.05) is 32.3 Å². The fraction of sp³-hybridized carbons (Fsp3) is 0.833. The van der Waals surface area contributed by atoms with Gasteiger partial charge in [0.2, 0.25) is 0 Å². The Morgan fingerprint density at radius 3 is 2.85 bits per heavy atom. The second-order valence-electron chi connectivity index (χ2n) is 4.39. The van der Waals surface area contributed by atoms with Crippen molar-refractivity contribution < 1.29 is 5.11 Å². The Bertz CT molecular complexity index is 165. The maximum absolute atomic E-state index is 10.0. The van der Waals surface area contributed by atoms with E-state index in [1.165, 1.54) is 25.7 Å². The molecule has 0 aromatic rings. The van der Waals surface area contributed by atoms with Gasteiger partial charge in [0, 0.05) is 0 Å². The van der Waals surface area contributed by atoms with Gasteiger partial charge in [-0.2, -0.15) is 0 Å². The van der Waals surface area contributed by atoms with Crippen LogP contribution in [-0.4, -0.2) is 10.7 Å². The Morgan fingerprint density at radius 2 is 2.23 bits per heavy atom. The minimum atomic E-state index is -0.553. The molecule has 76 valence electrons. The van der Waals surface area contributed by atoms with Crippen molar-refractivity contribution in [1.82, 2.24) is 0 Å². The van der Waals surface area contributed by atoms with Crippen LogP contribution in [0.25, 0.3) is 0 Å². The Kier molecular flexibility index (Phi) is 3.98. The van der Waals surface area contributed by atoms with Crippen molar-refractivity contribution in [2.75, 3.05) is 0 Å². The van der Waals surface area contributed by atoms with Gasteiger partial charge >= 0.3 is 0 Å². The largest absolute Gasteiger partial charge is 0.386 e. The van der Waals surface area contributed by atoms with E-state index in [2.05, 4.69) is 13.5 Å². The molecule has 0 bridgehead atoms. The van der Waals surface area contributed by atoms with Gasteiger partial charge in [-0.25, -0.2) is 0 Å². The Morgan fingerprint density at radius 1 is 1.46 bits per heavy atom. The molecule has 1 saturated carbocycles. The van der Waals surface area contributed by atoms with Crippen molar-refractivity contribution >= 4 is 0 Å². The number of aliphatic hydroxyl groups is 1. The van der Waals surface area contributed by atoms with Crippen molar-refractivity contribution in [3.8, 4) is 0 Å². The SMILES string of the molecule is C=CC1(O)CCCC(CCC)CC1. The highest BCUT2D eigenvalue weighted by Gasteiger charge is 2.27. The van der Waals surface area contributed by atoms with Crippen LogP contribution < -0.4 is 0 Å². The lowest BCUT2D eigenvalue weighted by atomic mass is 9.92. The minimum absolute atomic E-state index is 0.553. The van der Waals surface area contributed by atoms with Gasteiger partial charge in [0.1, 0.15) is 0 Å². The first kappa shape index (κ1) is 10.8. The van der Waals surface area contributed by atoms with Crippen LogP contribution in [0, 0.1) is 5.92 Å². The standard InChI is InChI=1S/C12H22O/c1-3-6-11-7-5-9-12(13,4-2)10-8-11/h4,11,13H,2-3,5-10H2,1H3. The molecule has 1 nitrogen and oxygen atoms in total. The van der Waals surface area contributed by atoms with Crippen LogP contribution >= 0.6 is 0 Å². The van der Waals surface area contributed by atoms with Crippen LogP contribution in [0.3, 0.4) is 0 Å². The molecule has 1 aliphatic rings. The first-order valence-electron chi connectivity index (χ1n) is 5.56. The number of rotatable bonds is 3. The fourth-order valence-electron chi connectivity index (χ4n) is 2.32. The van der Waals surface area contributed by atoms with Gasteiger partial charge < -0.3 is 5.11 Å². The lowest BCUT2D eigenvalue weighted by molar-refractivity contribution is 0.0737. The van der Waals surface area contributed by atoms with E-state index in [0.717, 1.165) is 25.2 Å². The summed E-state index contributed by atoms with van der Waals surface area (Å²) in [5.41, 5.74) is -0.553. The Labute approximate surface area is 81.9 Å². The lowest BCUT2D eigenvalue weighted by Gasteiger charge is -2.21. The fourth-order valence-corrected chi connectivity index (χ4v) is 2.32. The molecule has 1 fully saturated rings. The zero-order valence-electron chi connectivity index (χ0n) is 8.76. The monoisotopic (exact) mass is 182 g/mol. The predicted molar refractivity (Wildman–Crippen MR) is 56.6 cm³/mol. The summed E-state index contributed by atoms with van der Waals surface area (Å²) in [6.07, 6.45) is 9.80. The number of hydrogen-bond donors (Lipinski definition) is 1. The van der Waals surface area contributed by atoms with Crippen LogP contribution in [0.2, 0.25) is 0 Å². The van der Waals surface area contributed by atoms with Gasteiger partial charge in [-0.15, -0.1) is 6.58 Å². The van der Waals surface area contributed by atoms with E-state index >= 15 is 0 Å². The lowest BCUT2D eigenvalue weighted by Crippen LogP contribution is -2.24. The molecule has 1 N–H and O–H groups in total. The summed E-state index contributed by atoms with van der Waals surface area (Å²) in [4.78, 5) is 0. The van der Waals surface area contributed by atoms with Crippen molar-refractivity contribution in [2.45, 2.75) is 57.5 Å². The summed E-state index contributed by atoms with van der Waals surface area (Å²) in [6, 6.07) is 0. The quantitative estimate of drug-likeness (QED) is 0.524. The minimum Gasteiger partial charge on any atom is -0.386 e. The van der Waals surface area contributed by atoms with Crippen molar-refractivity contribution in [3.63, 3.8) is 0 Å². The normalized spacial score (nSPS) is 35.4. The van der Waals surface area contributed by atoms with Gasteiger partial charge in [0.15, 0.2) is 0 Å². The highest BCUT2D eigenvalue weighted by Crippen LogP contribution is 2.32. The molecular formula is C12H22O. The topological polar surface area (TPSA) is 20.2 Å². The van der Waals surface area contributed by atoms with Gasteiger partial charge in [0.05, 0.1) is 5.60 Å². The van der Waals surface area contributed by atoms with Gasteiger partial charge in [-0.05, 0) is 31.6 Å². The van der Waals surface area contributed by atoms with Crippen molar-refractivity contribution in [1.29, 1.82) is 0 Å². The average molecular weight is 182 g/mol. The van der Waals surface area contributed by atoms with Gasteiger partial charge in [0.25, 0.3) is 0 Å². The molecule has 2 unspecified atom stereocenters. The second kappa shape index (κ2) is 4.80. The molecule has 0 radical (unpaired) electrons. The molecule has 0 amide bonds. The van der Waals surface area contributed by atoms with E-state index in [4.69, 9.17) is 0 Å². The molecule has 0 aromatic carbocycles. The van der Waals surface area contributed by atoms with Gasteiger partial charge in [-0.3, -0.25) is 0 Å². The highest BCUT2D eigenvalue weighted by molar-refractivity contribution is 4.97. The maximum atomic E-state index is 10.0. The van der Waals surface area contributed by atoms with E-state index in [-0.39, 0.29) is 0 Å². The van der Waals surface area contributed by atoms with Crippen molar-refractivity contribution in [3.05, 3.63) is 12.7 Å². The van der Waals surface area contributed by atoms with E-state index in [1.54, 1.807) is 6.08 Å². The zero-order valence-corrected chi connectivity index (χ0v) is 8.76. The van der Waals surface area contributed by atoms with Crippen LogP contribution in [0.4, 0.5) is 0 Å². The summed E-state index contributed by atoms with van der Waals surface area (Å²) in [7, 11) is 0. The summed E-state index contributed by atoms with van der Waals surface area (Å²) >= 11 is 0. The maximum Gasteiger partial charge on any atom is 0.0825 e. The molecule has 0 aromatic heterocycles. The van der Waals surface area contributed by atoms with E-state index in [9.17, 15) is 5.11 Å². The van der Waals surface area contributed by atoms with E-state index in [1.807, 2.05) is 0 Å². The Balaban J connectivity index is 2.43. The summed E-state index contributed by atoms with van der Waals surface area (Å²) in [6.45, 7) is 5.96. The Hall–Kier alpha value is -0.300. The van der Waals surface area contributed by atoms with Crippen LogP contribution in [0.5, 0.6) is 0 Å². The molecular weight excluding hydrogens is 160 g/mol. The van der Waals surface area contributed by atoms with Crippen LogP contribution in [-0.2, 0) is 0 Å².